The third-order valence-electron chi connectivity index (χ3n) is 4.28. The Bertz CT molecular complexity index is 978. The van der Waals surface area contributed by atoms with Gasteiger partial charge in [0, 0.05) is 24.2 Å². The van der Waals surface area contributed by atoms with Crippen molar-refractivity contribution in [3.05, 3.63) is 41.7 Å². The molecule has 3 rings (SSSR count). The molecule has 1 aliphatic rings. The van der Waals surface area contributed by atoms with E-state index in [4.69, 9.17) is 5.11 Å². The third kappa shape index (κ3) is 4.11. The molecular weight excluding hydrogens is 390 g/mol. The molecule has 1 fully saturated rings. The van der Waals surface area contributed by atoms with E-state index in [1.165, 1.54) is 42.2 Å². The van der Waals surface area contributed by atoms with Crippen LogP contribution in [0.5, 0.6) is 0 Å². The number of carboxylic acids is 1. The number of carbonyl (C=O) groups is 2. The number of aromatic amines is 1. The van der Waals surface area contributed by atoms with Crippen LogP contribution < -0.4 is 4.72 Å². The average Bonchev–Trinajstić information content (AvgIpc) is 3.33. The van der Waals surface area contributed by atoms with Gasteiger partial charge in [0.15, 0.2) is 0 Å². The second-order valence-corrected chi connectivity index (χ2v) is 8.60. The van der Waals surface area contributed by atoms with Crippen molar-refractivity contribution in [1.29, 1.82) is 0 Å². The maximum absolute atomic E-state index is 12.7. The van der Waals surface area contributed by atoms with Crippen LogP contribution in [0.4, 0.5) is 5.69 Å². The van der Waals surface area contributed by atoms with Crippen LogP contribution in [-0.4, -0.2) is 54.6 Å². The van der Waals surface area contributed by atoms with E-state index in [9.17, 15) is 18.0 Å². The monoisotopic (exact) mass is 409 g/mol. The topological polar surface area (TPSA) is 120 Å². The predicted molar refractivity (Wildman–Crippen MR) is 102 cm³/mol. The molecule has 0 radical (unpaired) electrons. The molecule has 2 aromatic rings. The normalized spacial score (nSPS) is 14.3. The lowest BCUT2D eigenvalue weighted by Crippen LogP contribution is -2.27. The number of anilines is 1. The fourth-order valence-electron chi connectivity index (χ4n) is 2.86. The highest BCUT2D eigenvalue weighted by Gasteiger charge is 2.24. The summed E-state index contributed by atoms with van der Waals surface area (Å²) in [5.41, 5.74) is 0.576. The van der Waals surface area contributed by atoms with Crippen LogP contribution >= 0.6 is 11.8 Å². The van der Waals surface area contributed by atoms with E-state index in [-0.39, 0.29) is 27.7 Å². The van der Waals surface area contributed by atoms with E-state index in [1.807, 2.05) is 0 Å². The molecule has 0 aliphatic carbocycles. The summed E-state index contributed by atoms with van der Waals surface area (Å²) in [6, 6.07) is 5.47. The quantitative estimate of drug-likeness (QED) is 0.631. The zero-order valence-corrected chi connectivity index (χ0v) is 16.2. The number of carbonyl (C=O) groups excluding carboxylic acids is 1. The van der Waals surface area contributed by atoms with Crippen LogP contribution in [0.3, 0.4) is 0 Å². The molecule has 2 heterocycles. The fraction of sp³-hybridized carbons (Fsp3) is 0.294. The first-order valence-corrected chi connectivity index (χ1v) is 10.9. The number of H-pyrrole nitrogens is 1. The zero-order chi connectivity index (χ0) is 19.6. The fourth-order valence-corrected chi connectivity index (χ4v) is 4.58. The Labute approximate surface area is 161 Å². The number of carboxylic acid groups (broad SMARTS) is 1. The Morgan fingerprint density at radius 3 is 2.56 bits per heavy atom. The minimum Gasteiger partial charge on any atom is -0.478 e. The van der Waals surface area contributed by atoms with Gasteiger partial charge < -0.3 is 15.0 Å². The van der Waals surface area contributed by atoms with E-state index in [0.29, 0.717) is 18.0 Å². The number of aromatic nitrogens is 1. The summed E-state index contributed by atoms with van der Waals surface area (Å²) >= 11 is 1.23. The van der Waals surface area contributed by atoms with Gasteiger partial charge >= 0.3 is 5.97 Å². The van der Waals surface area contributed by atoms with Gasteiger partial charge in [-0.25, -0.2) is 13.2 Å². The number of hydrogen-bond acceptors (Lipinski definition) is 5. The maximum atomic E-state index is 12.7. The summed E-state index contributed by atoms with van der Waals surface area (Å²) in [7, 11) is -3.93. The van der Waals surface area contributed by atoms with Gasteiger partial charge in [-0.3, -0.25) is 9.52 Å². The van der Waals surface area contributed by atoms with Crippen LogP contribution in [0.1, 0.15) is 33.7 Å². The van der Waals surface area contributed by atoms with Crippen LogP contribution in [0, 0.1) is 0 Å². The van der Waals surface area contributed by atoms with E-state index in [1.54, 1.807) is 11.2 Å². The molecule has 1 saturated heterocycles. The first-order valence-electron chi connectivity index (χ1n) is 8.23. The highest BCUT2D eigenvalue weighted by atomic mass is 32.2. The smallest absolute Gasteiger partial charge is 0.335 e. The van der Waals surface area contributed by atoms with Crippen molar-refractivity contribution in [3.63, 3.8) is 0 Å². The number of rotatable bonds is 6. The van der Waals surface area contributed by atoms with Gasteiger partial charge in [0.05, 0.1) is 11.3 Å². The third-order valence-corrected chi connectivity index (χ3v) is 6.41. The molecule has 3 N–H and O–H groups in total. The molecule has 1 aromatic heterocycles. The molecule has 27 heavy (non-hydrogen) atoms. The van der Waals surface area contributed by atoms with Crippen LogP contribution in [0.15, 0.2) is 40.3 Å². The Balaban J connectivity index is 1.83. The lowest BCUT2D eigenvalue weighted by atomic mass is 10.2. The SMILES string of the molecule is CSc1cc(C(=O)O)ccc1NS(=O)(=O)c1c[nH]c(C(=O)N2CCCC2)c1. The molecule has 0 atom stereocenters. The summed E-state index contributed by atoms with van der Waals surface area (Å²) in [6.45, 7) is 1.34. The number of aromatic carboxylic acids is 1. The summed E-state index contributed by atoms with van der Waals surface area (Å²) in [5, 5.41) is 9.06. The number of benzene rings is 1. The summed E-state index contributed by atoms with van der Waals surface area (Å²) in [4.78, 5) is 28.3. The molecule has 10 heteroatoms. The van der Waals surface area contributed by atoms with Crippen molar-refractivity contribution in [2.24, 2.45) is 0 Å². The van der Waals surface area contributed by atoms with E-state index < -0.39 is 16.0 Å². The Hall–Kier alpha value is -2.46. The lowest BCUT2D eigenvalue weighted by Gasteiger charge is -2.13. The number of nitrogens with one attached hydrogen (secondary N) is 2. The van der Waals surface area contributed by atoms with Gasteiger partial charge in [0.2, 0.25) is 0 Å². The molecule has 1 amide bonds. The molecule has 0 spiro atoms. The van der Waals surface area contributed by atoms with E-state index >= 15 is 0 Å². The Morgan fingerprint density at radius 1 is 1.22 bits per heavy atom. The number of amides is 1. The zero-order valence-electron chi connectivity index (χ0n) is 14.6. The first-order chi connectivity index (χ1) is 12.8. The number of thioether (sulfide) groups is 1. The van der Waals surface area contributed by atoms with Crippen molar-refractivity contribution in [2.45, 2.75) is 22.6 Å². The molecule has 8 nitrogen and oxygen atoms in total. The minimum atomic E-state index is -3.93. The van der Waals surface area contributed by atoms with Gasteiger partial charge in [-0.1, -0.05) is 0 Å². The van der Waals surface area contributed by atoms with Gasteiger partial charge in [-0.15, -0.1) is 11.8 Å². The molecule has 0 saturated carbocycles. The van der Waals surface area contributed by atoms with Crippen molar-refractivity contribution in [3.8, 4) is 0 Å². The molecule has 144 valence electrons. The molecule has 0 unspecified atom stereocenters. The van der Waals surface area contributed by atoms with Gasteiger partial charge in [-0.2, -0.15) is 0 Å². The van der Waals surface area contributed by atoms with Crippen molar-refractivity contribution < 1.29 is 23.1 Å². The van der Waals surface area contributed by atoms with Crippen molar-refractivity contribution in [2.75, 3.05) is 24.1 Å². The largest absolute Gasteiger partial charge is 0.478 e. The average molecular weight is 409 g/mol. The summed E-state index contributed by atoms with van der Waals surface area (Å²) in [5.74, 6) is -1.31. The summed E-state index contributed by atoms with van der Waals surface area (Å²) in [6.07, 6.45) is 4.89. The van der Waals surface area contributed by atoms with Crippen LogP contribution in [-0.2, 0) is 10.0 Å². The minimum absolute atomic E-state index is 0.0561. The highest BCUT2D eigenvalue weighted by molar-refractivity contribution is 7.99. The second-order valence-electron chi connectivity index (χ2n) is 6.07. The number of nitrogens with zero attached hydrogens (tertiary/aromatic N) is 1. The molecule has 1 aromatic carbocycles. The molecule has 1 aliphatic heterocycles. The van der Waals surface area contributed by atoms with Crippen molar-refractivity contribution >= 4 is 39.3 Å². The van der Waals surface area contributed by atoms with Gasteiger partial charge in [-0.05, 0) is 43.4 Å². The Kier molecular flexibility index (Phi) is 5.47. The predicted octanol–water partition coefficient (Wildman–Crippen LogP) is 2.47. The standard InChI is InChI=1S/C17H19N3O5S2/c1-26-15-8-11(17(22)23)4-5-13(15)19-27(24,25)12-9-14(18-10-12)16(21)20-6-2-3-7-20/h4-5,8-10,18-19H,2-3,6-7H2,1H3,(H,22,23). The van der Waals surface area contributed by atoms with Crippen molar-refractivity contribution in [1.82, 2.24) is 9.88 Å². The second kappa shape index (κ2) is 7.65. The number of likely N-dealkylation sites (tertiary alicyclic amines) is 1. The van der Waals surface area contributed by atoms with E-state index in [0.717, 1.165) is 12.8 Å². The van der Waals surface area contributed by atoms with Crippen LogP contribution in [0.2, 0.25) is 0 Å². The highest BCUT2D eigenvalue weighted by Crippen LogP contribution is 2.29. The first kappa shape index (κ1) is 19.3. The van der Waals surface area contributed by atoms with Gasteiger partial charge in [0.1, 0.15) is 10.6 Å². The number of hydrogen-bond donors (Lipinski definition) is 3. The molecule has 0 bridgehead atoms. The van der Waals surface area contributed by atoms with Crippen LogP contribution in [0.25, 0.3) is 0 Å². The lowest BCUT2D eigenvalue weighted by molar-refractivity contribution is 0.0695. The Morgan fingerprint density at radius 2 is 1.93 bits per heavy atom. The van der Waals surface area contributed by atoms with E-state index in [2.05, 4.69) is 9.71 Å². The number of sulfonamides is 1. The molecular formula is C17H19N3O5S2. The summed E-state index contributed by atoms with van der Waals surface area (Å²) < 4.78 is 27.8. The maximum Gasteiger partial charge on any atom is 0.335 e. The van der Waals surface area contributed by atoms with Gasteiger partial charge in [0.25, 0.3) is 15.9 Å².